The highest BCUT2D eigenvalue weighted by molar-refractivity contribution is 7.92. The number of carbonyl (C=O) groups is 1. The molecule has 1 fully saturated rings. The molecule has 1 amide bonds. The predicted octanol–water partition coefficient (Wildman–Crippen LogP) is 2.49. The van der Waals surface area contributed by atoms with Gasteiger partial charge < -0.3 is 10.2 Å². The highest BCUT2D eigenvalue weighted by atomic mass is 35.5. The maximum atomic E-state index is 12.7. The average molecular weight is 402 g/mol. The fraction of sp³-hybridized carbons (Fsp3) is 0.611. The summed E-state index contributed by atoms with van der Waals surface area (Å²) in [7, 11) is -3.63. The van der Waals surface area contributed by atoms with Gasteiger partial charge in [0.05, 0.1) is 11.9 Å². The number of carbonyl (C=O) groups excluding carboxylic acids is 1. The summed E-state index contributed by atoms with van der Waals surface area (Å²) in [5, 5.41) is 3.33. The van der Waals surface area contributed by atoms with Crippen LogP contribution in [0.2, 0.25) is 5.02 Å². The lowest BCUT2D eigenvalue weighted by atomic mass is 10.1. The molecule has 1 aromatic carbocycles. The van der Waals surface area contributed by atoms with Crippen molar-refractivity contribution in [3.05, 3.63) is 29.3 Å². The normalized spacial score (nSPS) is 16.9. The number of hydrogen-bond donors (Lipinski definition) is 1. The number of halogens is 1. The van der Waals surface area contributed by atoms with Crippen LogP contribution < -0.4 is 9.62 Å². The number of piperidine rings is 1. The van der Waals surface area contributed by atoms with E-state index >= 15 is 0 Å². The highest BCUT2D eigenvalue weighted by Crippen LogP contribution is 2.25. The molecule has 0 aromatic heterocycles. The van der Waals surface area contributed by atoms with Gasteiger partial charge >= 0.3 is 0 Å². The average Bonchev–Trinajstić information content (AvgIpc) is 2.59. The number of benzene rings is 1. The maximum Gasteiger partial charge on any atom is 0.243 e. The van der Waals surface area contributed by atoms with Crippen LogP contribution >= 0.6 is 11.6 Å². The molecule has 146 valence electrons. The van der Waals surface area contributed by atoms with Gasteiger partial charge in [0.2, 0.25) is 15.9 Å². The van der Waals surface area contributed by atoms with E-state index < -0.39 is 16.1 Å². The first kappa shape index (κ1) is 21.0. The standard InChI is InChI=1S/C18H28ClN3O3S/c1-3-17(18(23)20-10-13-21-11-5-4-6-12-21)22(26(2,24)25)16-9-7-8-15(19)14-16/h7-9,14,17H,3-6,10-13H2,1-2H3,(H,20,23)/t17-/m0/s1. The number of rotatable bonds is 8. The van der Waals surface area contributed by atoms with Crippen molar-refractivity contribution in [2.24, 2.45) is 0 Å². The van der Waals surface area contributed by atoms with Crippen LogP contribution in [-0.2, 0) is 14.8 Å². The summed E-state index contributed by atoms with van der Waals surface area (Å²) in [5.74, 6) is -0.282. The van der Waals surface area contributed by atoms with Gasteiger partial charge in [-0.3, -0.25) is 9.10 Å². The van der Waals surface area contributed by atoms with Crippen LogP contribution in [0.3, 0.4) is 0 Å². The van der Waals surface area contributed by atoms with E-state index in [0.29, 0.717) is 23.7 Å². The van der Waals surface area contributed by atoms with Crippen molar-refractivity contribution in [3.63, 3.8) is 0 Å². The van der Waals surface area contributed by atoms with E-state index in [9.17, 15) is 13.2 Å². The number of nitrogens with one attached hydrogen (secondary N) is 1. The predicted molar refractivity (Wildman–Crippen MR) is 106 cm³/mol. The Kier molecular flexibility index (Phi) is 7.73. The summed E-state index contributed by atoms with van der Waals surface area (Å²) in [6.45, 7) is 5.23. The number of likely N-dealkylation sites (tertiary alicyclic amines) is 1. The fourth-order valence-electron chi connectivity index (χ4n) is 3.31. The minimum atomic E-state index is -3.63. The van der Waals surface area contributed by atoms with Gasteiger partial charge in [0.25, 0.3) is 0 Å². The van der Waals surface area contributed by atoms with E-state index in [1.807, 2.05) is 0 Å². The Balaban J connectivity index is 2.07. The Morgan fingerprint density at radius 2 is 2.00 bits per heavy atom. The van der Waals surface area contributed by atoms with Crippen LogP contribution in [0.15, 0.2) is 24.3 Å². The van der Waals surface area contributed by atoms with Crippen molar-refractivity contribution in [1.82, 2.24) is 10.2 Å². The van der Waals surface area contributed by atoms with Crippen molar-refractivity contribution < 1.29 is 13.2 Å². The van der Waals surface area contributed by atoms with Gasteiger partial charge in [0.1, 0.15) is 6.04 Å². The molecule has 8 heteroatoms. The van der Waals surface area contributed by atoms with Gasteiger partial charge in [-0.2, -0.15) is 0 Å². The summed E-state index contributed by atoms with van der Waals surface area (Å²) >= 11 is 6.01. The molecule has 0 saturated carbocycles. The summed E-state index contributed by atoms with van der Waals surface area (Å²) in [6, 6.07) is 5.76. The van der Waals surface area contributed by atoms with E-state index in [2.05, 4.69) is 10.2 Å². The van der Waals surface area contributed by atoms with Crippen LogP contribution in [0, 0.1) is 0 Å². The van der Waals surface area contributed by atoms with E-state index in [-0.39, 0.29) is 5.91 Å². The van der Waals surface area contributed by atoms with Gasteiger partial charge in [-0.1, -0.05) is 31.0 Å². The minimum Gasteiger partial charge on any atom is -0.353 e. The first-order valence-electron chi connectivity index (χ1n) is 9.08. The third-order valence-electron chi connectivity index (χ3n) is 4.57. The summed E-state index contributed by atoms with van der Waals surface area (Å²) < 4.78 is 25.9. The molecule has 1 aliphatic rings. The van der Waals surface area contributed by atoms with E-state index in [4.69, 9.17) is 11.6 Å². The molecule has 0 radical (unpaired) electrons. The lowest BCUT2D eigenvalue weighted by Crippen LogP contribution is -2.50. The van der Waals surface area contributed by atoms with E-state index in [0.717, 1.165) is 30.2 Å². The number of nitrogens with zero attached hydrogens (tertiary/aromatic N) is 2. The number of anilines is 1. The van der Waals surface area contributed by atoms with Gasteiger partial charge in [0.15, 0.2) is 0 Å². The first-order chi connectivity index (χ1) is 12.3. The molecule has 2 rings (SSSR count). The molecule has 1 N–H and O–H groups in total. The Hall–Kier alpha value is -1.31. The number of sulfonamides is 1. The Labute approximate surface area is 161 Å². The zero-order chi connectivity index (χ0) is 19.2. The van der Waals surface area contributed by atoms with Crippen LogP contribution in [-0.4, -0.2) is 57.7 Å². The highest BCUT2D eigenvalue weighted by Gasteiger charge is 2.31. The molecule has 0 bridgehead atoms. The summed E-state index contributed by atoms with van der Waals surface area (Å²) in [5.41, 5.74) is 0.401. The first-order valence-corrected chi connectivity index (χ1v) is 11.3. The molecule has 6 nitrogen and oxygen atoms in total. The molecule has 1 heterocycles. The molecular weight excluding hydrogens is 374 g/mol. The van der Waals surface area contributed by atoms with Gasteiger partial charge in [-0.15, -0.1) is 0 Å². The molecule has 0 spiro atoms. The smallest absolute Gasteiger partial charge is 0.243 e. The lowest BCUT2D eigenvalue weighted by Gasteiger charge is -2.31. The molecule has 1 aromatic rings. The maximum absolute atomic E-state index is 12.7. The lowest BCUT2D eigenvalue weighted by molar-refractivity contribution is -0.122. The minimum absolute atomic E-state index is 0.282. The van der Waals surface area contributed by atoms with Crippen LogP contribution in [0.4, 0.5) is 5.69 Å². The Morgan fingerprint density at radius 3 is 2.58 bits per heavy atom. The summed E-state index contributed by atoms with van der Waals surface area (Å²) in [4.78, 5) is 15.0. The van der Waals surface area contributed by atoms with Crippen molar-refractivity contribution in [3.8, 4) is 0 Å². The van der Waals surface area contributed by atoms with Crippen molar-refractivity contribution >= 4 is 33.2 Å². The van der Waals surface area contributed by atoms with Gasteiger partial charge in [0, 0.05) is 18.1 Å². The number of hydrogen-bond acceptors (Lipinski definition) is 4. The zero-order valence-electron chi connectivity index (χ0n) is 15.4. The Morgan fingerprint density at radius 1 is 1.31 bits per heavy atom. The Bertz CT molecular complexity index is 705. The second kappa shape index (κ2) is 9.58. The third-order valence-corrected chi connectivity index (χ3v) is 5.98. The van der Waals surface area contributed by atoms with Crippen molar-refractivity contribution in [2.75, 3.05) is 36.7 Å². The SMILES string of the molecule is CC[C@@H](C(=O)NCCN1CCCCC1)N(c1cccc(Cl)c1)S(C)(=O)=O. The molecule has 0 aliphatic carbocycles. The second-order valence-electron chi connectivity index (χ2n) is 6.66. The van der Waals surface area contributed by atoms with Crippen molar-refractivity contribution in [2.45, 2.75) is 38.6 Å². The molecule has 1 atom stereocenters. The largest absolute Gasteiger partial charge is 0.353 e. The van der Waals surface area contributed by atoms with Crippen LogP contribution in [0.25, 0.3) is 0 Å². The number of amides is 1. The van der Waals surface area contributed by atoms with Crippen molar-refractivity contribution in [1.29, 1.82) is 0 Å². The van der Waals surface area contributed by atoms with E-state index in [1.165, 1.54) is 19.3 Å². The molecule has 0 unspecified atom stereocenters. The zero-order valence-corrected chi connectivity index (χ0v) is 17.0. The third kappa shape index (κ3) is 5.86. The molecule has 1 aliphatic heterocycles. The van der Waals surface area contributed by atoms with E-state index in [1.54, 1.807) is 31.2 Å². The molecule has 26 heavy (non-hydrogen) atoms. The monoisotopic (exact) mass is 401 g/mol. The van der Waals surface area contributed by atoms with Crippen LogP contribution in [0.1, 0.15) is 32.6 Å². The topological polar surface area (TPSA) is 69.7 Å². The van der Waals surface area contributed by atoms with Crippen LogP contribution in [0.5, 0.6) is 0 Å². The quantitative estimate of drug-likeness (QED) is 0.726. The van der Waals surface area contributed by atoms with Gasteiger partial charge in [-0.05, 0) is 50.6 Å². The summed E-state index contributed by atoms with van der Waals surface area (Å²) in [6.07, 6.45) is 5.14. The molecule has 1 saturated heterocycles. The van der Waals surface area contributed by atoms with Gasteiger partial charge in [-0.25, -0.2) is 8.42 Å². The molecular formula is C18H28ClN3O3S. The fourth-order valence-corrected chi connectivity index (χ4v) is 4.70. The second-order valence-corrected chi connectivity index (χ2v) is 8.95.